The van der Waals surface area contributed by atoms with Gasteiger partial charge in [0.25, 0.3) is 0 Å². The van der Waals surface area contributed by atoms with Crippen molar-refractivity contribution in [1.29, 1.82) is 0 Å². The molecule has 0 amide bonds. The third kappa shape index (κ3) is 7.23. The lowest BCUT2D eigenvalue weighted by Crippen LogP contribution is -2.31. The molecule has 0 heterocycles. The highest BCUT2D eigenvalue weighted by Crippen LogP contribution is 2.29. The summed E-state index contributed by atoms with van der Waals surface area (Å²) in [5.74, 6) is 2.63. The van der Waals surface area contributed by atoms with E-state index in [0.717, 1.165) is 18.8 Å². The minimum absolute atomic E-state index is 0.539. The first-order valence-electron chi connectivity index (χ1n) is 7.95. The molecule has 6 heteroatoms. The van der Waals surface area contributed by atoms with Crippen LogP contribution in [0, 0.1) is 5.92 Å². The SMILES string of the molecule is CCNC(=NCCOCC(C)C)Nc1ccc(OC)c(OC)c1. The van der Waals surface area contributed by atoms with Crippen molar-refractivity contribution < 1.29 is 14.2 Å². The molecule has 1 rings (SSSR count). The minimum atomic E-state index is 0.539. The summed E-state index contributed by atoms with van der Waals surface area (Å²) in [6.07, 6.45) is 0. The van der Waals surface area contributed by atoms with Crippen molar-refractivity contribution in [1.82, 2.24) is 5.32 Å². The first-order valence-corrected chi connectivity index (χ1v) is 7.95. The van der Waals surface area contributed by atoms with Gasteiger partial charge in [-0.15, -0.1) is 0 Å². The van der Waals surface area contributed by atoms with E-state index in [1.54, 1.807) is 14.2 Å². The monoisotopic (exact) mass is 323 g/mol. The van der Waals surface area contributed by atoms with E-state index in [4.69, 9.17) is 14.2 Å². The molecule has 1 aromatic rings. The topological polar surface area (TPSA) is 64.1 Å². The Morgan fingerprint density at radius 3 is 2.52 bits per heavy atom. The molecular formula is C17H29N3O3. The Balaban J connectivity index is 2.64. The van der Waals surface area contributed by atoms with Gasteiger partial charge in [-0.1, -0.05) is 13.8 Å². The van der Waals surface area contributed by atoms with Gasteiger partial charge in [0, 0.05) is 24.9 Å². The number of hydrogen-bond acceptors (Lipinski definition) is 4. The zero-order chi connectivity index (χ0) is 17.1. The summed E-state index contributed by atoms with van der Waals surface area (Å²) in [5.41, 5.74) is 0.880. The summed E-state index contributed by atoms with van der Waals surface area (Å²) in [5, 5.41) is 6.46. The molecule has 0 aliphatic heterocycles. The van der Waals surface area contributed by atoms with Crippen molar-refractivity contribution in [3.05, 3.63) is 18.2 Å². The maximum atomic E-state index is 5.54. The van der Waals surface area contributed by atoms with Crippen molar-refractivity contribution >= 4 is 11.6 Å². The normalized spacial score (nSPS) is 11.5. The molecule has 0 bridgehead atoms. The van der Waals surface area contributed by atoms with Gasteiger partial charge in [-0.25, -0.2) is 0 Å². The lowest BCUT2D eigenvalue weighted by atomic mass is 10.2. The van der Waals surface area contributed by atoms with Crippen LogP contribution < -0.4 is 20.1 Å². The molecule has 0 unspecified atom stereocenters. The van der Waals surface area contributed by atoms with Gasteiger partial charge >= 0.3 is 0 Å². The highest BCUT2D eigenvalue weighted by Gasteiger charge is 2.06. The van der Waals surface area contributed by atoms with E-state index >= 15 is 0 Å². The molecule has 0 fully saturated rings. The molecule has 0 aromatic heterocycles. The second-order valence-electron chi connectivity index (χ2n) is 5.42. The van der Waals surface area contributed by atoms with Gasteiger partial charge in [0.2, 0.25) is 0 Å². The van der Waals surface area contributed by atoms with E-state index in [9.17, 15) is 0 Å². The number of ether oxygens (including phenoxy) is 3. The van der Waals surface area contributed by atoms with Crippen LogP contribution in [-0.2, 0) is 4.74 Å². The predicted molar refractivity (Wildman–Crippen MR) is 94.8 cm³/mol. The number of nitrogens with zero attached hydrogens (tertiary/aromatic N) is 1. The summed E-state index contributed by atoms with van der Waals surface area (Å²) >= 11 is 0. The van der Waals surface area contributed by atoms with Crippen LogP contribution >= 0.6 is 0 Å². The lowest BCUT2D eigenvalue weighted by Gasteiger charge is -2.14. The van der Waals surface area contributed by atoms with Crippen LogP contribution in [0.4, 0.5) is 5.69 Å². The van der Waals surface area contributed by atoms with Crippen molar-refractivity contribution in [3.63, 3.8) is 0 Å². The van der Waals surface area contributed by atoms with Gasteiger partial charge < -0.3 is 24.8 Å². The Kier molecular flexibility index (Phi) is 8.90. The van der Waals surface area contributed by atoms with E-state index in [2.05, 4.69) is 29.5 Å². The summed E-state index contributed by atoms with van der Waals surface area (Å²) in [6, 6.07) is 5.65. The Morgan fingerprint density at radius 2 is 1.91 bits per heavy atom. The Labute approximate surface area is 139 Å². The van der Waals surface area contributed by atoms with E-state index in [-0.39, 0.29) is 0 Å². The summed E-state index contributed by atoms with van der Waals surface area (Å²) in [7, 11) is 3.24. The predicted octanol–water partition coefficient (Wildman–Crippen LogP) is 2.75. The minimum Gasteiger partial charge on any atom is -0.493 e. The molecule has 130 valence electrons. The van der Waals surface area contributed by atoms with Crippen LogP contribution in [0.3, 0.4) is 0 Å². The number of hydrogen-bond donors (Lipinski definition) is 2. The second-order valence-corrected chi connectivity index (χ2v) is 5.42. The molecule has 0 atom stereocenters. The molecule has 0 saturated heterocycles. The molecular weight excluding hydrogens is 294 g/mol. The molecule has 0 aliphatic rings. The third-order valence-electron chi connectivity index (χ3n) is 2.95. The largest absolute Gasteiger partial charge is 0.493 e. The average molecular weight is 323 g/mol. The third-order valence-corrected chi connectivity index (χ3v) is 2.95. The quantitative estimate of drug-likeness (QED) is 0.416. The van der Waals surface area contributed by atoms with Gasteiger partial charge in [0.1, 0.15) is 0 Å². The summed E-state index contributed by atoms with van der Waals surface area (Å²) < 4.78 is 16.1. The fourth-order valence-corrected chi connectivity index (χ4v) is 1.90. The average Bonchev–Trinajstić information content (AvgIpc) is 2.54. The van der Waals surface area contributed by atoms with E-state index in [0.29, 0.717) is 36.5 Å². The van der Waals surface area contributed by atoms with Gasteiger partial charge in [-0.2, -0.15) is 0 Å². The number of aliphatic imine (C=N–C) groups is 1. The maximum Gasteiger partial charge on any atom is 0.195 e. The van der Waals surface area contributed by atoms with Crippen LogP contribution in [0.15, 0.2) is 23.2 Å². The number of guanidine groups is 1. The lowest BCUT2D eigenvalue weighted by molar-refractivity contribution is 0.117. The van der Waals surface area contributed by atoms with Crippen LogP contribution in [0.5, 0.6) is 11.5 Å². The molecule has 0 radical (unpaired) electrons. The van der Waals surface area contributed by atoms with Crippen LogP contribution in [0.1, 0.15) is 20.8 Å². The first kappa shape index (κ1) is 19.1. The van der Waals surface area contributed by atoms with Crippen LogP contribution in [0.2, 0.25) is 0 Å². The molecule has 2 N–H and O–H groups in total. The number of nitrogens with one attached hydrogen (secondary N) is 2. The molecule has 1 aromatic carbocycles. The molecule has 0 spiro atoms. The second kappa shape index (κ2) is 10.7. The number of anilines is 1. The Hall–Kier alpha value is -1.95. The van der Waals surface area contributed by atoms with Crippen molar-refractivity contribution in [2.75, 3.05) is 45.8 Å². The highest BCUT2D eigenvalue weighted by atomic mass is 16.5. The zero-order valence-electron chi connectivity index (χ0n) is 14.8. The molecule has 0 aliphatic carbocycles. The van der Waals surface area contributed by atoms with Gasteiger partial charge in [0.15, 0.2) is 17.5 Å². The Morgan fingerprint density at radius 1 is 1.17 bits per heavy atom. The number of methoxy groups -OCH3 is 2. The van der Waals surface area contributed by atoms with Gasteiger partial charge in [-0.3, -0.25) is 4.99 Å². The summed E-state index contributed by atoms with van der Waals surface area (Å²) in [4.78, 5) is 4.50. The number of benzene rings is 1. The zero-order valence-corrected chi connectivity index (χ0v) is 14.8. The van der Waals surface area contributed by atoms with E-state index in [1.807, 2.05) is 25.1 Å². The van der Waals surface area contributed by atoms with Crippen LogP contribution in [0.25, 0.3) is 0 Å². The van der Waals surface area contributed by atoms with Crippen molar-refractivity contribution in [2.24, 2.45) is 10.9 Å². The summed E-state index contributed by atoms with van der Waals surface area (Å²) in [6.45, 7) is 9.05. The standard InChI is InChI=1S/C17H29N3O3/c1-6-18-17(19-9-10-23-12-13(2)3)20-14-7-8-15(21-4)16(11-14)22-5/h7-8,11,13H,6,9-10,12H2,1-5H3,(H2,18,19,20). The van der Waals surface area contributed by atoms with Crippen molar-refractivity contribution in [2.45, 2.75) is 20.8 Å². The first-order chi connectivity index (χ1) is 11.1. The van der Waals surface area contributed by atoms with Gasteiger partial charge in [0.05, 0.1) is 27.4 Å². The highest BCUT2D eigenvalue weighted by molar-refractivity contribution is 5.93. The van der Waals surface area contributed by atoms with Crippen molar-refractivity contribution in [3.8, 4) is 11.5 Å². The van der Waals surface area contributed by atoms with Gasteiger partial charge in [-0.05, 0) is 25.0 Å². The van der Waals surface area contributed by atoms with E-state index < -0.39 is 0 Å². The number of rotatable bonds is 9. The smallest absolute Gasteiger partial charge is 0.195 e. The molecule has 23 heavy (non-hydrogen) atoms. The fourth-order valence-electron chi connectivity index (χ4n) is 1.90. The molecule has 0 saturated carbocycles. The fraction of sp³-hybridized carbons (Fsp3) is 0.588. The van der Waals surface area contributed by atoms with E-state index in [1.165, 1.54) is 0 Å². The molecule has 6 nitrogen and oxygen atoms in total. The Bertz CT molecular complexity index is 490. The maximum absolute atomic E-state index is 5.54. The van der Waals surface area contributed by atoms with Crippen LogP contribution in [-0.4, -0.2) is 46.5 Å².